The third kappa shape index (κ3) is 2.37. The summed E-state index contributed by atoms with van der Waals surface area (Å²) in [6, 6.07) is 0.470. The van der Waals surface area contributed by atoms with Gasteiger partial charge >= 0.3 is 0 Å². The van der Waals surface area contributed by atoms with E-state index in [1.165, 1.54) is 6.42 Å². The van der Waals surface area contributed by atoms with Crippen molar-refractivity contribution in [2.24, 2.45) is 7.05 Å². The smallest absolute Gasteiger partial charge is 0.132 e. The van der Waals surface area contributed by atoms with E-state index in [1.54, 1.807) is 0 Å². The minimum absolute atomic E-state index is 0.0399. The van der Waals surface area contributed by atoms with E-state index in [0.717, 1.165) is 42.9 Å². The first-order valence-electron chi connectivity index (χ1n) is 6.69. The molecule has 5 heteroatoms. The van der Waals surface area contributed by atoms with E-state index in [9.17, 15) is 5.11 Å². The zero-order chi connectivity index (χ0) is 13.1. The standard InChI is InChI=1S/C13H23N3O2/c1-10-12(9-18)13(15(2)14-10)16-7-3-5-11(16)6-4-8-17/h11,17-18H,3-9H2,1-2H3. The van der Waals surface area contributed by atoms with Crippen LogP contribution in [-0.2, 0) is 13.7 Å². The molecule has 2 rings (SSSR count). The molecule has 18 heavy (non-hydrogen) atoms. The summed E-state index contributed by atoms with van der Waals surface area (Å²) in [5.74, 6) is 1.05. The lowest BCUT2D eigenvalue weighted by molar-refractivity contribution is 0.277. The molecule has 0 bridgehead atoms. The van der Waals surface area contributed by atoms with Crippen molar-refractivity contribution in [2.75, 3.05) is 18.1 Å². The number of anilines is 1. The summed E-state index contributed by atoms with van der Waals surface area (Å²) in [6.45, 7) is 3.25. The van der Waals surface area contributed by atoms with Gasteiger partial charge in [-0.2, -0.15) is 5.10 Å². The van der Waals surface area contributed by atoms with Crippen molar-refractivity contribution in [1.29, 1.82) is 0 Å². The molecule has 5 nitrogen and oxygen atoms in total. The van der Waals surface area contributed by atoms with Gasteiger partial charge < -0.3 is 15.1 Å². The Kier molecular flexibility index (Phi) is 4.24. The lowest BCUT2D eigenvalue weighted by Gasteiger charge is -2.27. The molecule has 1 aromatic rings. The number of rotatable bonds is 5. The number of aliphatic hydroxyl groups excluding tert-OH is 2. The third-order valence-electron chi connectivity index (χ3n) is 3.82. The van der Waals surface area contributed by atoms with Gasteiger partial charge in [0, 0.05) is 31.8 Å². The Morgan fingerprint density at radius 2 is 2.17 bits per heavy atom. The topological polar surface area (TPSA) is 61.5 Å². The number of aromatic nitrogens is 2. The zero-order valence-electron chi connectivity index (χ0n) is 11.3. The fourth-order valence-electron chi connectivity index (χ4n) is 2.98. The third-order valence-corrected chi connectivity index (χ3v) is 3.82. The summed E-state index contributed by atoms with van der Waals surface area (Å²) in [5, 5.41) is 22.9. The van der Waals surface area contributed by atoms with Crippen molar-refractivity contribution >= 4 is 5.82 Å². The molecule has 0 aliphatic carbocycles. The molecule has 0 saturated carbocycles. The van der Waals surface area contributed by atoms with Crippen molar-refractivity contribution in [3.63, 3.8) is 0 Å². The van der Waals surface area contributed by atoms with Crippen molar-refractivity contribution in [3.05, 3.63) is 11.3 Å². The fourth-order valence-corrected chi connectivity index (χ4v) is 2.98. The summed E-state index contributed by atoms with van der Waals surface area (Å²) in [6.07, 6.45) is 4.18. The molecule has 1 aromatic heterocycles. The second-order valence-corrected chi connectivity index (χ2v) is 5.02. The molecule has 0 radical (unpaired) electrons. The van der Waals surface area contributed by atoms with Crippen LogP contribution in [0.5, 0.6) is 0 Å². The van der Waals surface area contributed by atoms with Crippen LogP contribution in [0.4, 0.5) is 5.82 Å². The molecule has 1 saturated heterocycles. The van der Waals surface area contributed by atoms with Crippen LogP contribution in [0.15, 0.2) is 0 Å². The number of aryl methyl sites for hydroxylation is 2. The highest BCUT2D eigenvalue weighted by Gasteiger charge is 2.29. The molecule has 0 aromatic carbocycles. The Balaban J connectivity index is 2.24. The van der Waals surface area contributed by atoms with Gasteiger partial charge in [-0.05, 0) is 32.6 Å². The normalized spacial score (nSPS) is 19.8. The van der Waals surface area contributed by atoms with Crippen molar-refractivity contribution in [3.8, 4) is 0 Å². The molecule has 2 N–H and O–H groups in total. The van der Waals surface area contributed by atoms with Crippen LogP contribution in [0.3, 0.4) is 0 Å². The highest BCUT2D eigenvalue weighted by atomic mass is 16.3. The minimum Gasteiger partial charge on any atom is -0.396 e. The van der Waals surface area contributed by atoms with E-state index in [-0.39, 0.29) is 13.2 Å². The Morgan fingerprint density at radius 3 is 2.83 bits per heavy atom. The van der Waals surface area contributed by atoms with Gasteiger partial charge in [-0.3, -0.25) is 4.68 Å². The van der Waals surface area contributed by atoms with Crippen molar-refractivity contribution in [2.45, 2.75) is 45.3 Å². The van der Waals surface area contributed by atoms with Gasteiger partial charge in [-0.1, -0.05) is 0 Å². The summed E-state index contributed by atoms with van der Waals surface area (Å²) in [7, 11) is 1.93. The molecule has 2 heterocycles. The highest BCUT2D eigenvalue weighted by molar-refractivity contribution is 5.51. The van der Waals surface area contributed by atoms with Crippen LogP contribution in [0.25, 0.3) is 0 Å². The van der Waals surface area contributed by atoms with Gasteiger partial charge in [0.1, 0.15) is 5.82 Å². The monoisotopic (exact) mass is 253 g/mol. The Hall–Kier alpha value is -1.07. The van der Waals surface area contributed by atoms with E-state index in [1.807, 2.05) is 18.7 Å². The van der Waals surface area contributed by atoms with Gasteiger partial charge in [0.25, 0.3) is 0 Å². The Labute approximate surface area is 108 Å². The largest absolute Gasteiger partial charge is 0.396 e. The predicted molar refractivity (Wildman–Crippen MR) is 70.6 cm³/mol. The molecular weight excluding hydrogens is 230 g/mol. The molecule has 0 amide bonds. The van der Waals surface area contributed by atoms with Crippen LogP contribution in [0.2, 0.25) is 0 Å². The first-order chi connectivity index (χ1) is 8.69. The lowest BCUT2D eigenvalue weighted by Crippen LogP contribution is -2.31. The van der Waals surface area contributed by atoms with Crippen LogP contribution < -0.4 is 4.90 Å². The second-order valence-electron chi connectivity index (χ2n) is 5.02. The SMILES string of the molecule is Cc1nn(C)c(N2CCCC2CCCO)c1CO. The molecule has 0 spiro atoms. The van der Waals surface area contributed by atoms with E-state index in [0.29, 0.717) is 6.04 Å². The molecule has 1 aliphatic rings. The fraction of sp³-hybridized carbons (Fsp3) is 0.769. The second kappa shape index (κ2) is 5.71. The van der Waals surface area contributed by atoms with Crippen LogP contribution >= 0.6 is 0 Å². The number of hydrogen-bond acceptors (Lipinski definition) is 4. The maximum Gasteiger partial charge on any atom is 0.132 e. The summed E-state index contributed by atoms with van der Waals surface area (Å²) >= 11 is 0. The minimum atomic E-state index is 0.0399. The van der Waals surface area contributed by atoms with Crippen LogP contribution in [-0.4, -0.2) is 39.2 Å². The van der Waals surface area contributed by atoms with Gasteiger partial charge in [0.05, 0.1) is 12.3 Å². The van der Waals surface area contributed by atoms with E-state index >= 15 is 0 Å². The maximum absolute atomic E-state index is 9.52. The average Bonchev–Trinajstić information content (AvgIpc) is 2.90. The molecule has 102 valence electrons. The average molecular weight is 253 g/mol. The molecule has 1 fully saturated rings. The molecular formula is C13H23N3O2. The quantitative estimate of drug-likeness (QED) is 0.820. The summed E-state index contributed by atoms with van der Waals surface area (Å²) in [4.78, 5) is 2.35. The lowest BCUT2D eigenvalue weighted by atomic mass is 10.1. The van der Waals surface area contributed by atoms with Crippen LogP contribution in [0, 0.1) is 6.92 Å². The predicted octanol–water partition coefficient (Wildman–Crippen LogP) is 0.962. The van der Waals surface area contributed by atoms with Gasteiger partial charge in [0.2, 0.25) is 0 Å². The van der Waals surface area contributed by atoms with E-state index in [4.69, 9.17) is 5.11 Å². The zero-order valence-corrected chi connectivity index (χ0v) is 11.3. The van der Waals surface area contributed by atoms with E-state index < -0.39 is 0 Å². The highest BCUT2D eigenvalue weighted by Crippen LogP contribution is 2.31. The van der Waals surface area contributed by atoms with Crippen molar-refractivity contribution < 1.29 is 10.2 Å². The number of hydrogen-bond donors (Lipinski definition) is 2. The van der Waals surface area contributed by atoms with Gasteiger partial charge in [-0.25, -0.2) is 0 Å². The van der Waals surface area contributed by atoms with Gasteiger partial charge in [-0.15, -0.1) is 0 Å². The Morgan fingerprint density at radius 1 is 1.39 bits per heavy atom. The Bertz CT molecular complexity index is 403. The first-order valence-corrected chi connectivity index (χ1v) is 6.69. The molecule has 1 unspecified atom stereocenters. The van der Waals surface area contributed by atoms with Crippen molar-refractivity contribution in [1.82, 2.24) is 9.78 Å². The number of aliphatic hydroxyl groups is 2. The molecule has 1 atom stereocenters. The first kappa shape index (κ1) is 13.4. The summed E-state index contributed by atoms with van der Waals surface area (Å²) < 4.78 is 1.87. The molecule has 1 aliphatic heterocycles. The van der Waals surface area contributed by atoms with Gasteiger partial charge in [0.15, 0.2) is 0 Å². The summed E-state index contributed by atoms with van der Waals surface area (Å²) in [5.41, 5.74) is 1.84. The number of nitrogens with zero attached hydrogens (tertiary/aromatic N) is 3. The maximum atomic E-state index is 9.52. The van der Waals surface area contributed by atoms with Crippen LogP contribution in [0.1, 0.15) is 36.9 Å². The van der Waals surface area contributed by atoms with E-state index in [2.05, 4.69) is 10.00 Å².